The number of hydrogen-bond acceptors (Lipinski definition) is 2. The van der Waals surface area contributed by atoms with Crippen molar-refractivity contribution in [3.05, 3.63) is 36.8 Å². The first-order valence-electron chi connectivity index (χ1n) is 4.12. The molecular weight excluding hydrogens is 162 g/mol. The van der Waals surface area contributed by atoms with Crippen LogP contribution in [0.4, 0.5) is 0 Å². The number of hydrogen-bond donors (Lipinski definition) is 1. The molecule has 0 radical (unpaired) electrons. The summed E-state index contributed by atoms with van der Waals surface area (Å²) in [4.78, 5) is 11.7. The van der Waals surface area contributed by atoms with E-state index in [4.69, 9.17) is 0 Å². The van der Waals surface area contributed by atoms with E-state index in [2.05, 4.69) is 15.0 Å². The van der Waals surface area contributed by atoms with Gasteiger partial charge in [-0.25, -0.2) is 0 Å². The fourth-order valence-corrected chi connectivity index (χ4v) is 1.56. The van der Waals surface area contributed by atoms with Crippen LogP contribution in [0.2, 0.25) is 0 Å². The summed E-state index contributed by atoms with van der Waals surface area (Å²) in [5, 5.41) is 1.17. The smallest absolute Gasteiger partial charge is 0.113 e. The standard InChI is InChI=1S/C10H7N3/c1-2-8-10(13-6-5-11-8)9-7(1)3-4-12-9/h1-6,12H. The minimum atomic E-state index is 0.928. The van der Waals surface area contributed by atoms with Gasteiger partial charge in [-0.3, -0.25) is 9.97 Å². The van der Waals surface area contributed by atoms with Crippen molar-refractivity contribution >= 4 is 21.9 Å². The second-order valence-electron chi connectivity index (χ2n) is 2.93. The van der Waals surface area contributed by atoms with Crippen molar-refractivity contribution in [2.45, 2.75) is 0 Å². The van der Waals surface area contributed by atoms with E-state index < -0.39 is 0 Å². The Morgan fingerprint density at radius 2 is 1.92 bits per heavy atom. The van der Waals surface area contributed by atoms with Crippen LogP contribution >= 0.6 is 0 Å². The Hall–Kier alpha value is -1.90. The molecule has 2 heterocycles. The second-order valence-corrected chi connectivity index (χ2v) is 2.93. The van der Waals surface area contributed by atoms with Crippen molar-refractivity contribution in [3.63, 3.8) is 0 Å². The summed E-state index contributed by atoms with van der Waals surface area (Å²) in [7, 11) is 0. The lowest BCUT2D eigenvalue weighted by atomic mass is 10.2. The van der Waals surface area contributed by atoms with Gasteiger partial charge in [0.05, 0.1) is 11.0 Å². The molecule has 3 aromatic rings. The van der Waals surface area contributed by atoms with Gasteiger partial charge in [-0.05, 0) is 12.1 Å². The molecule has 3 nitrogen and oxygen atoms in total. The number of fused-ring (bicyclic) bond motifs is 3. The Bertz CT molecular complexity index is 568. The number of rotatable bonds is 0. The molecule has 0 amide bonds. The molecule has 3 rings (SSSR count). The van der Waals surface area contributed by atoms with E-state index in [1.807, 2.05) is 24.4 Å². The van der Waals surface area contributed by atoms with Gasteiger partial charge in [-0.2, -0.15) is 0 Å². The molecule has 0 aliphatic carbocycles. The zero-order valence-electron chi connectivity index (χ0n) is 6.86. The van der Waals surface area contributed by atoms with Gasteiger partial charge in [0.1, 0.15) is 5.52 Å². The highest BCUT2D eigenvalue weighted by Gasteiger charge is 2.01. The van der Waals surface area contributed by atoms with Crippen LogP contribution in [0.5, 0.6) is 0 Å². The van der Waals surface area contributed by atoms with Crippen molar-refractivity contribution in [1.82, 2.24) is 15.0 Å². The fraction of sp³-hybridized carbons (Fsp3) is 0. The highest BCUT2D eigenvalue weighted by atomic mass is 14.8. The maximum absolute atomic E-state index is 4.29. The molecule has 62 valence electrons. The normalized spacial score (nSPS) is 11.1. The Labute approximate surface area is 74.4 Å². The number of benzene rings is 1. The molecule has 2 aromatic heterocycles. The van der Waals surface area contributed by atoms with Crippen LogP contribution in [0.1, 0.15) is 0 Å². The van der Waals surface area contributed by atoms with Crippen LogP contribution in [0.25, 0.3) is 21.9 Å². The largest absolute Gasteiger partial charge is 0.359 e. The van der Waals surface area contributed by atoms with Gasteiger partial charge < -0.3 is 4.98 Å². The maximum Gasteiger partial charge on any atom is 0.113 e. The minimum Gasteiger partial charge on any atom is -0.359 e. The van der Waals surface area contributed by atoms with Gasteiger partial charge >= 0.3 is 0 Å². The van der Waals surface area contributed by atoms with Gasteiger partial charge in [-0.1, -0.05) is 6.07 Å². The zero-order valence-corrected chi connectivity index (χ0v) is 6.86. The highest BCUT2D eigenvalue weighted by Crippen LogP contribution is 2.19. The van der Waals surface area contributed by atoms with E-state index in [0.717, 1.165) is 16.6 Å². The Morgan fingerprint density at radius 1 is 1.00 bits per heavy atom. The second kappa shape index (κ2) is 2.29. The first-order chi connectivity index (χ1) is 6.45. The Morgan fingerprint density at radius 3 is 2.92 bits per heavy atom. The molecule has 1 aromatic carbocycles. The highest BCUT2D eigenvalue weighted by molar-refractivity contribution is 6.01. The van der Waals surface area contributed by atoms with E-state index in [9.17, 15) is 0 Å². The van der Waals surface area contributed by atoms with E-state index in [1.165, 1.54) is 5.39 Å². The maximum atomic E-state index is 4.29. The first-order valence-corrected chi connectivity index (χ1v) is 4.12. The third kappa shape index (κ3) is 0.839. The molecule has 0 aliphatic rings. The molecular formula is C10H7N3. The van der Waals surface area contributed by atoms with Gasteiger partial charge in [-0.15, -0.1) is 0 Å². The minimum absolute atomic E-state index is 0.928. The average Bonchev–Trinajstić information content (AvgIpc) is 2.65. The number of H-pyrrole nitrogens is 1. The van der Waals surface area contributed by atoms with E-state index >= 15 is 0 Å². The van der Waals surface area contributed by atoms with Gasteiger partial charge in [0, 0.05) is 24.0 Å². The summed E-state index contributed by atoms with van der Waals surface area (Å²) < 4.78 is 0. The van der Waals surface area contributed by atoms with Crippen LogP contribution in [0, 0.1) is 0 Å². The summed E-state index contributed by atoms with van der Waals surface area (Å²) in [5.41, 5.74) is 2.92. The Balaban J connectivity index is 2.65. The monoisotopic (exact) mass is 169 g/mol. The number of aromatic nitrogens is 3. The predicted octanol–water partition coefficient (Wildman–Crippen LogP) is 2.11. The quantitative estimate of drug-likeness (QED) is 0.560. The van der Waals surface area contributed by atoms with Crippen LogP contribution in [-0.2, 0) is 0 Å². The molecule has 0 saturated carbocycles. The van der Waals surface area contributed by atoms with Gasteiger partial charge in [0.15, 0.2) is 0 Å². The lowest BCUT2D eigenvalue weighted by Gasteiger charge is -1.95. The number of aromatic amines is 1. The lowest BCUT2D eigenvalue weighted by molar-refractivity contribution is 1.30. The van der Waals surface area contributed by atoms with Gasteiger partial charge in [0.25, 0.3) is 0 Å². The van der Waals surface area contributed by atoms with Crippen molar-refractivity contribution in [3.8, 4) is 0 Å². The summed E-state index contributed by atoms with van der Waals surface area (Å²) >= 11 is 0. The van der Waals surface area contributed by atoms with Crippen molar-refractivity contribution in [1.29, 1.82) is 0 Å². The van der Waals surface area contributed by atoms with E-state index in [-0.39, 0.29) is 0 Å². The van der Waals surface area contributed by atoms with Gasteiger partial charge in [0.2, 0.25) is 0 Å². The topological polar surface area (TPSA) is 41.6 Å². The van der Waals surface area contributed by atoms with E-state index in [0.29, 0.717) is 0 Å². The molecule has 0 spiro atoms. The van der Waals surface area contributed by atoms with Crippen LogP contribution in [0.15, 0.2) is 36.8 Å². The first kappa shape index (κ1) is 6.60. The SMILES string of the molecule is c1cnc2c(ccc3cc[nH]c32)n1. The van der Waals surface area contributed by atoms with Crippen molar-refractivity contribution in [2.24, 2.45) is 0 Å². The molecule has 1 N–H and O–H groups in total. The lowest BCUT2D eigenvalue weighted by Crippen LogP contribution is -1.82. The fourth-order valence-electron chi connectivity index (χ4n) is 1.56. The third-order valence-corrected chi connectivity index (χ3v) is 2.16. The molecule has 0 bridgehead atoms. The molecule has 13 heavy (non-hydrogen) atoms. The summed E-state index contributed by atoms with van der Waals surface area (Å²) in [6, 6.07) is 6.06. The average molecular weight is 169 g/mol. The van der Waals surface area contributed by atoms with Crippen LogP contribution in [0.3, 0.4) is 0 Å². The van der Waals surface area contributed by atoms with Crippen molar-refractivity contribution < 1.29 is 0 Å². The van der Waals surface area contributed by atoms with Crippen LogP contribution in [-0.4, -0.2) is 15.0 Å². The summed E-state index contributed by atoms with van der Waals surface area (Å²) in [6.07, 6.45) is 5.33. The Kier molecular flexibility index (Phi) is 1.16. The summed E-state index contributed by atoms with van der Waals surface area (Å²) in [5.74, 6) is 0. The summed E-state index contributed by atoms with van der Waals surface area (Å²) in [6.45, 7) is 0. The molecule has 0 atom stereocenters. The molecule has 0 fully saturated rings. The molecule has 0 aliphatic heterocycles. The predicted molar refractivity (Wildman–Crippen MR) is 51.4 cm³/mol. The van der Waals surface area contributed by atoms with Crippen LogP contribution < -0.4 is 0 Å². The number of nitrogens with one attached hydrogen (secondary N) is 1. The molecule has 3 heteroatoms. The van der Waals surface area contributed by atoms with E-state index in [1.54, 1.807) is 12.4 Å². The molecule has 0 saturated heterocycles. The number of nitrogens with zero attached hydrogens (tertiary/aromatic N) is 2. The molecule has 0 unspecified atom stereocenters. The third-order valence-electron chi connectivity index (χ3n) is 2.16. The zero-order chi connectivity index (χ0) is 8.67. The van der Waals surface area contributed by atoms with Crippen molar-refractivity contribution in [2.75, 3.05) is 0 Å².